The average Bonchev–Trinajstić information content (AvgIpc) is 2.68. The van der Waals surface area contributed by atoms with E-state index in [0.717, 1.165) is 49.4 Å². The number of benzene rings is 1. The molecule has 0 aliphatic carbocycles. The second-order valence-electron chi connectivity index (χ2n) is 8.75. The molecule has 0 amide bonds. The quantitative estimate of drug-likeness (QED) is 0.617. The van der Waals surface area contributed by atoms with Gasteiger partial charge in [-0.15, -0.1) is 0 Å². The number of nitrogens with zero attached hydrogens (tertiary/aromatic N) is 2. The maximum absolute atomic E-state index is 13.8. The number of aromatic nitrogens is 1. The van der Waals surface area contributed by atoms with Gasteiger partial charge in [0.2, 0.25) is 0 Å². The molecule has 0 saturated carbocycles. The molecule has 0 radical (unpaired) electrons. The summed E-state index contributed by atoms with van der Waals surface area (Å²) in [5, 5.41) is 0. The summed E-state index contributed by atoms with van der Waals surface area (Å²) in [4.78, 5) is 6.94. The molecule has 30 heavy (non-hydrogen) atoms. The van der Waals surface area contributed by atoms with Crippen molar-refractivity contribution < 1.29 is 17.5 Å². The molecule has 3 rings (SSSR count). The van der Waals surface area contributed by atoms with Crippen LogP contribution in [0.1, 0.15) is 33.1 Å². The summed E-state index contributed by atoms with van der Waals surface area (Å²) < 4.78 is 42.7. The van der Waals surface area contributed by atoms with Gasteiger partial charge in [0, 0.05) is 18.4 Å². The first-order valence-electron chi connectivity index (χ1n) is 10.4. The number of hydrogen-bond donors (Lipinski definition) is 0. The SMILES string of the molecule is CC(C)(F)CN1CCC(CCOc2ccc(-c3ccc(S(C)(=O)=O)cc3)nc2)CC1. The predicted molar refractivity (Wildman–Crippen MR) is 117 cm³/mol. The molecule has 0 N–H and O–H groups in total. The second kappa shape index (κ2) is 9.43. The van der Waals surface area contributed by atoms with Crippen molar-refractivity contribution in [2.75, 3.05) is 32.5 Å². The Morgan fingerprint density at radius 1 is 1.13 bits per heavy atom. The van der Waals surface area contributed by atoms with Crippen LogP contribution < -0.4 is 4.74 Å². The highest BCUT2D eigenvalue weighted by atomic mass is 32.2. The van der Waals surface area contributed by atoms with Gasteiger partial charge in [0.15, 0.2) is 9.84 Å². The molecule has 7 heteroatoms. The summed E-state index contributed by atoms with van der Waals surface area (Å²) in [7, 11) is -3.20. The Kier molecular flexibility index (Phi) is 7.14. The van der Waals surface area contributed by atoms with Crippen LogP contribution in [-0.2, 0) is 9.84 Å². The van der Waals surface area contributed by atoms with Crippen molar-refractivity contribution in [3.8, 4) is 17.0 Å². The topological polar surface area (TPSA) is 59.5 Å². The first-order chi connectivity index (χ1) is 14.1. The van der Waals surface area contributed by atoms with Crippen molar-refractivity contribution in [1.82, 2.24) is 9.88 Å². The third-order valence-electron chi connectivity index (χ3n) is 5.42. The van der Waals surface area contributed by atoms with Gasteiger partial charge < -0.3 is 9.64 Å². The van der Waals surface area contributed by atoms with Crippen LogP contribution >= 0.6 is 0 Å². The molecular weight excluding hydrogens is 403 g/mol. The normalized spacial score (nSPS) is 16.5. The number of ether oxygens (including phenoxy) is 1. The summed E-state index contributed by atoms with van der Waals surface area (Å²) in [6, 6.07) is 10.5. The van der Waals surface area contributed by atoms with Crippen LogP contribution in [-0.4, -0.2) is 56.5 Å². The monoisotopic (exact) mass is 434 g/mol. The van der Waals surface area contributed by atoms with E-state index in [4.69, 9.17) is 4.74 Å². The van der Waals surface area contributed by atoms with Crippen molar-refractivity contribution in [3.05, 3.63) is 42.6 Å². The molecule has 1 aromatic carbocycles. The predicted octanol–water partition coefficient (Wildman–Crippen LogP) is 4.38. The van der Waals surface area contributed by atoms with Crippen LogP contribution in [0.4, 0.5) is 4.39 Å². The van der Waals surface area contributed by atoms with Crippen LogP contribution in [0, 0.1) is 5.92 Å². The third kappa shape index (κ3) is 6.77. The summed E-state index contributed by atoms with van der Waals surface area (Å²) in [5.74, 6) is 1.34. The molecule has 1 aromatic heterocycles. The van der Waals surface area contributed by atoms with E-state index in [2.05, 4.69) is 9.88 Å². The molecule has 5 nitrogen and oxygen atoms in total. The summed E-state index contributed by atoms with van der Waals surface area (Å²) in [5.41, 5.74) is 0.493. The number of likely N-dealkylation sites (tertiary alicyclic amines) is 1. The van der Waals surface area contributed by atoms with Crippen LogP contribution in [0.25, 0.3) is 11.3 Å². The molecule has 0 atom stereocenters. The van der Waals surface area contributed by atoms with Gasteiger partial charge in [-0.3, -0.25) is 4.98 Å². The fraction of sp³-hybridized carbons (Fsp3) is 0.522. The number of pyridine rings is 1. The zero-order valence-corrected chi connectivity index (χ0v) is 18.8. The highest BCUT2D eigenvalue weighted by Gasteiger charge is 2.25. The van der Waals surface area contributed by atoms with Crippen molar-refractivity contribution in [2.45, 2.75) is 43.7 Å². The molecule has 1 saturated heterocycles. The van der Waals surface area contributed by atoms with Crippen molar-refractivity contribution >= 4 is 9.84 Å². The highest BCUT2D eigenvalue weighted by Crippen LogP contribution is 2.24. The van der Waals surface area contributed by atoms with E-state index in [1.54, 1.807) is 44.3 Å². The van der Waals surface area contributed by atoms with E-state index in [0.29, 0.717) is 24.0 Å². The van der Waals surface area contributed by atoms with E-state index in [9.17, 15) is 12.8 Å². The van der Waals surface area contributed by atoms with Crippen LogP contribution in [0.2, 0.25) is 0 Å². The molecule has 0 unspecified atom stereocenters. The lowest BCUT2D eigenvalue weighted by Gasteiger charge is -2.34. The largest absolute Gasteiger partial charge is 0.492 e. The zero-order valence-electron chi connectivity index (χ0n) is 18.0. The number of sulfone groups is 1. The van der Waals surface area contributed by atoms with Crippen molar-refractivity contribution in [2.24, 2.45) is 5.92 Å². The minimum atomic E-state index is -3.20. The summed E-state index contributed by atoms with van der Waals surface area (Å²) in [6.07, 6.45) is 6.05. The lowest BCUT2D eigenvalue weighted by Crippen LogP contribution is -2.41. The number of hydrogen-bond acceptors (Lipinski definition) is 5. The lowest BCUT2D eigenvalue weighted by molar-refractivity contribution is 0.0907. The van der Waals surface area contributed by atoms with E-state index in [-0.39, 0.29) is 0 Å². The molecule has 1 fully saturated rings. The maximum atomic E-state index is 13.8. The van der Waals surface area contributed by atoms with Gasteiger partial charge in [-0.1, -0.05) is 12.1 Å². The molecule has 1 aliphatic heterocycles. The minimum Gasteiger partial charge on any atom is -0.492 e. The second-order valence-corrected chi connectivity index (χ2v) is 10.8. The Bertz CT molecular complexity index is 914. The van der Waals surface area contributed by atoms with Gasteiger partial charge in [-0.25, -0.2) is 12.8 Å². The van der Waals surface area contributed by atoms with E-state index in [1.807, 2.05) is 12.1 Å². The maximum Gasteiger partial charge on any atom is 0.175 e. The van der Waals surface area contributed by atoms with Crippen molar-refractivity contribution in [3.63, 3.8) is 0 Å². The number of piperidine rings is 1. The van der Waals surface area contributed by atoms with Gasteiger partial charge in [0.25, 0.3) is 0 Å². The van der Waals surface area contributed by atoms with Crippen LogP contribution in [0.5, 0.6) is 5.75 Å². The molecule has 0 bridgehead atoms. The Hall–Kier alpha value is -1.99. The molecule has 0 spiro atoms. The Balaban J connectivity index is 1.44. The lowest BCUT2D eigenvalue weighted by atomic mass is 9.93. The molecular formula is C23H31FN2O3S. The number of halogens is 1. The first-order valence-corrected chi connectivity index (χ1v) is 12.3. The van der Waals surface area contributed by atoms with E-state index in [1.165, 1.54) is 6.26 Å². The molecule has 2 heterocycles. The standard InChI is InChI=1S/C23H31FN2O3S/c1-23(2,24)17-26-13-10-18(11-14-26)12-15-29-20-6-9-22(25-16-20)19-4-7-21(8-5-19)30(3,27)28/h4-9,16,18H,10-15,17H2,1-3H3. The minimum absolute atomic E-state index is 0.297. The van der Waals surface area contributed by atoms with Gasteiger partial charge >= 0.3 is 0 Å². The average molecular weight is 435 g/mol. The fourth-order valence-corrected chi connectivity index (χ4v) is 4.45. The number of rotatable bonds is 8. The first kappa shape index (κ1) is 22.7. The smallest absolute Gasteiger partial charge is 0.175 e. The fourth-order valence-electron chi connectivity index (χ4n) is 3.82. The van der Waals surface area contributed by atoms with Crippen LogP contribution in [0.15, 0.2) is 47.5 Å². The Labute approximate surface area is 179 Å². The van der Waals surface area contributed by atoms with Gasteiger partial charge in [-0.05, 0) is 76.4 Å². The zero-order chi connectivity index (χ0) is 21.8. The van der Waals surface area contributed by atoms with Gasteiger partial charge in [0.05, 0.1) is 23.4 Å². The van der Waals surface area contributed by atoms with E-state index < -0.39 is 15.5 Å². The van der Waals surface area contributed by atoms with E-state index >= 15 is 0 Å². The molecule has 2 aromatic rings. The summed E-state index contributed by atoms with van der Waals surface area (Å²) in [6.45, 7) is 6.32. The summed E-state index contributed by atoms with van der Waals surface area (Å²) >= 11 is 0. The molecule has 1 aliphatic rings. The highest BCUT2D eigenvalue weighted by molar-refractivity contribution is 7.90. The van der Waals surface area contributed by atoms with Crippen LogP contribution in [0.3, 0.4) is 0 Å². The Morgan fingerprint density at radius 3 is 2.33 bits per heavy atom. The van der Waals surface area contributed by atoms with Gasteiger partial charge in [0.1, 0.15) is 11.4 Å². The Morgan fingerprint density at radius 2 is 1.80 bits per heavy atom. The molecule has 164 valence electrons. The van der Waals surface area contributed by atoms with Crippen molar-refractivity contribution in [1.29, 1.82) is 0 Å². The number of alkyl halides is 1. The van der Waals surface area contributed by atoms with Gasteiger partial charge in [-0.2, -0.15) is 0 Å². The third-order valence-corrected chi connectivity index (χ3v) is 6.54.